The molecular formula is C16H17NO4S. The predicted molar refractivity (Wildman–Crippen MR) is 86.2 cm³/mol. The Kier molecular flexibility index (Phi) is 3.53. The second kappa shape index (κ2) is 5.14. The van der Waals surface area contributed by atoms with Gasteiger partial charge in [0.1, 0.15) is 17.9 Å². The van der Waals surface area contributed by atoms with Gasteiger partial charge in [-0.05, 0) is 32.4 Å². The maximum absolute atomic E-state index is 12.7. The minimum Gasteiger partial charge on any atom is -0.480 e. The van der Waals surface area contributed by atoms with Gasteiger partial charge in [-0.3, -0.25) is 14.9 Å². The lowest BCUT2D eigenvalue weighted by molar-refractivity contribution is -0.139. The smallest absolute Gasteiger partial charge is 0.322 e. The Morgan fingerprint density at radius 3 is 2.77 bits per heavy atom. The number of aryl methyl sites for hydroxylation is 1. The van der Waals surface area contributed by atoms with Crippen molar-refractivity contribution in [2.45, 2.75) is 36.9 Å². The summed E-state index contributed by atoms with van der Waals surface area (Å²) in [6, 6.07) is 4.72. The lowest BCUT2D eigenvalue weighted by Gasteiger charge is -2.20. The van der Waals surface area contributed by atoms with E-state index < -0.39 is 22.1 Å². The third-order valence-corrected chi connectivity index (χ3v) is 5.46. The fourth-order valence-corrected chi connectivity index (χ4v) is 4.19. The third-order valence-electron chi connectivity index (χ3n) is 3.99. The second-order valence-electron chi connectivity index (χ2n) is 6.01. The van der Waals surface area contributed by atoms with E-state index in [-0.39, 0.29) is 5.43 Å². The van der Waals surface area contributed by atoms with Crippen LogP contribution >= 0.6 is 11.8 Å². The molecule has 0 aliphatic carbocycles. The molecule has 1 fully saturated rings. The monoisotopic (exact) mass is 319 g/mol. The number of hydrogen-bond acceptors (Lipinski definition) is 5. The Morgan fingerprint density at radius 1 is 1.41 bits per heavy atom. The first kappa shape index (κ1) is 15.1. The number of rotatable bonds is 2. The summed E-state index contributed by atoms with van der Waals surface area (Å²) in [4.78, 5) is 24.1. The van der Waals surface area contributed by atoms with Crippen LogP contribution in [0.2, 0.25) is 0 Å². The minimum atomic E-state index is -0.916. The molecule has 0 spiro atoms. The summed E-state index contributed by atoms with van der Waals surface area (Å²) >= 11 is 1.43. The molecule has 5 nitrogen and oxygen atoms in total. The summed E-state index contributed by atoms with van der Waals surface area (Å²) in [5.74, 6) is -0.916. The molecule has 1 aromatic carbocycles. The van der Waals surface area contributed by atoms with Gasteiger partial charge < -0.3 is 9.52 Å². The van der Waals surface area contributed by atoms with Crippen molar-refractivity contribution in [2.75, 3.05) is 0 Å². The number of carbonyl (C=O) groups is 1. The zero-order chi connectivity index (χ0) is 16.1. The summed E-state index contributed by atoms with van der Waals surface area (Å²) in [7, 11) is 0. The first-order valence-electron chi connectivity index (χ1n) is 6.99. The minimum absolute atomic E-state index is 0.114. The van der Waals surface area contributed by atoms with Crippen LogP contribution in [0.1, 0.15) is 30.3 Å². The van der Waals surface area contributed by atoms with Crippen LogP contribution in [0.5, 0.6) is 0 Å². The molecule has 22 heavy (non-hydrogen) atoms. The van der Waals surface area contributed by atoms with Gasteiger partial charge in [-0.1, -0.05) is 12.1 Å². The summed E-state index contributed by atoms with van der Waals surface area (Å²) in [5.41, 5.74) is 1.82. The van der Waals surface area contributed by atoms with E-state index in [2.05, 4.69) is 5.32 Å². The molecule has 2 unspecified atom stereocenters. The number of aliphatic carboxylic acids is 1. The topological polar surface area (TPSA) is 79.5 Å². The number of benzene rings is 1. The SMILES string of the molecule is Cc1cccc2c(=O)c(C3NC(C(=O)O)C(C)(C)S3)coc12. The molecule has 1 aliphatic rings. The molecule has 0 bridgehead atoms. The van der Waals surface area contributed by atoms with Crippen LogP contribution in [-0.2, 0) is 4.79 Å². The molecule has 1 aliphatic heterocycles. The first-order valence-corrected chi connectivity index (χ1v) is 7.87. The van der Waals surface area contributed by atoms with Crippen LogP contribution in [0.15, 0.2) is 33.7 Å². The Bertz CT molecular complexity index is 811. The maximum atomic E-state index is 12.7. The Labute approximate surface area is 131 Å². The number of hydrogen-bond donors (Lipinski definition) is 2. The number of para-hydroxylation sites is 1. The van der Waals surface area contributed by atoms with Gasteiger partial charge in [0, 0.05) is 4.75 Å². The second-order valence-corrected chi connectivity index (χ2v) is 7.77. The van der Waals surface area contributed by atoms with Gasteiger partial charge in [0.15, 0.2) is 5.43 Å². The molecule has 1 aromatic heterocycles. The Hall–Kier alpha value is -1.79. The molecule has 3 rings (SSSR count). The average molecular weight is 319 g/mol. The van der Waals surface area contributed by atoms with Crippen molar-refractivity contribution < 1.29 is 14.3 Å². The van der Waals surface area contributed by atoms with Crippen molar-refractivity contribution >= 4 is 28.7 Å². The number of nitrogens with one attached hydrogen (secondary N) is 1. The lowest BCUT2D eigenvalue weighted by atomic mass is 10.0. The summed E-state index contributed by atoms with van der Waals surface area (Å²) in [6.07, 6.45) is 1.45. The van der Waals surface area contributed by atoms with Crippen LogP contribution in [0.3, 0.4) is 0 Å². The molecule has 0 saturated carbocycles. The zero-order valence-electron chi connectivity index (χ0n) is 12.5. The highest BCUT2D eigenvalue weighted by atomic mass is 32.2. The quantitative estimate of drug-likeness (QED) is 0.886. The fraction of sp³-hybridized carbons (Fsp3) is 0.375. The van der Waals surface area contributed by atoms with Crippen molar-refractivity contribution in [3.8, 4) is 0 Å². The van der Waals surface area contributed by atoms with Crippen molar-refractivity contribution in [2.24, 2.45) is 0 Å². The van der Waals surface area contributed by atoms with Gasteiger partial charge in [-0.25, -0.2) is 0 Å². The van der Waals surface area contributed by atoms with Gasteiger partial charge in [-0.15, -0.1) is 11.8 Å². The summed E-state index contributed by atoms with van der Waals surface area (Å²) < 4.78 is 5.12. The van der Waals surface area contributed by atoms with Crippen LogP contribution < -0.4 is 10.7 Å². The van der Waals surface area contributed by atoms with Gasteiger partial charge in [0.25, 0.3) is 0 Å². The predicted octanol–water partition coefficient (Wildman–Crippen LogP) is 2.67. The molecule has 2 aromatic rings. The molecule has 6 heteroatoms. The van der Waals surface area contributed by atoms with Crippen molar-refractivity contribution in [1.29, 1.82) is 0 Å². The number of carboxylic acids is 1. The molecule has 116 valence electrons. The molecule has 1 saturated heterocycles. The largest absolute Gasteiger partial charge is 0.480 e. The molecule has 0 radical (unpaired) electrons. The summed E-state index contributed by atoms with van der Waals surface area (Å²) in [6.45, 7) is 5.60. The highest BCUT2D eigenvalue weighted by Crippen LogP contribution is 2.45. The van der Waals surface area contributed by atoms with Gasteiger partial charge >= 0.3 is 5.97 Å². The third kappa shape index (κ3) is 2.32. The zero-order valence-corrected chi connectivity index (χ0v) is 13.4. The lowest BCUT2D eigenvalue weighted by Crippen LogP contribution is -2.43. The van der Waals surface area contributed by atoms with E-state index in [1.54, 1.807) is 6.07 Å². The van der Waals surface area contributed by atoms with Crippen LogP contribution in [0.25, 0.3) is 11.0 Å². The van der Waals surface area contributed by atoms with E-state index in [0.29, 0.717) is 16.5 Å². The van der Waals surface area contributed by atoms with Crippen molar-refractivity contribution in [3.05, 3.63) is 45.8 Å². The van der Waals surface area contributed by atoms with Crippen LogP contribution in [-0.4, -0.2) is 21.9 Å². The number of fused-ring (bicyclic) bond motifs is 1. The van der Waals surface area contributed by atoms with Gasteiger partial charge in [0.05, 0.1) is 16.3 Å². The first-order chi connectivity index (χ1) is 10.3. The molecule has 2 N–H and O–H groups in total. The van der Waals surface area contributed by atoms with Gasteiger partial charge in [0.2, 0.25) is 0 Å². The Morgan fingerprint density at radius 2 is 2.14 bits per heavy atom. The van der Waals surface area contributed by atoms with E-state index in [4.69, 9.17) is 4.42 Å². The maximum Gasteiger partial charge on any atom is 0.322 e. The highest BCUT2D eigenvalue weighted by molar-refractivity contribution is 8.01. The van der Waals surface area contributed by atoms with Crippen LogP contribution in [0, 0.1) is 6.92 Å². The molecule has 2 heterocycles. The number of carboxylic acid groups (broad SMARTS) is 1. The van der Waals surface area contributed by atoms with Gasteiger partial charge in [-0.2, -0.15) is 0 Å². The molecule has 2 atom stereocenters. The standard InChI is InChI=1S/C16H17NO4S/c1-8-5-4-6-9-11(18)10(7-21-12(8)9)14-17-13(15(19)20)16(2,3)22-14/h4-7,13-14,17H,1-3H3,(H,19,20). The fourth-order valence-electron chi connectivity index (χ4n) is 2.78. The number of thioether (sulfide) groups is 1. The van der Waals surface area contributed by atoms with Crippen LogP contribution in [0.4, 0.5) is 0 Å². The molecule has 0 amide bonds. The van der Waals surface area contributed by atoms with Crippen molar-refractivity contribution in [1.82, 2.24) is 5.32 Å². The van der Waals surface area contributed by atoms with E-state index in [0.717, 1.165) is 5.56 Å². The van der Waals surface area contributed by atoms with Crippen molar-refractivity contribution in [3.63, 3.8) is 0 Å². The highest BCUT2D eigenvalue weighted by Gasteiger charge is 2.46. The van der Waals surface area contributed by atoms with E-state index in [1.807, 2.05) is 32.9 Å². The molecular weight excluding hydrogens is 302 g/mol. The van der Waals surface area contributed by atoms with E-state index in [1.165, 1.54) is 18.0 Å². The van der Waals surface area contributed by atoms with E-state index >= 15 is 0 Å². The normalized spacial score (nSPS) is 23.8. The van der Waals surface area contributed by atoms with E-state index in [9.17, 15) is 14.7 Å². The Balaban J connectivity index is 2.07. The average Bonchev–Trinajstić information content (AvgIpc) is 2.76. The summed E-state index contributed by atoms with van der Waals surface area (Å²) in [5, 5.41) is 12.5.